The van der Waals surface area contributed by atoms with Crippen LogP contribution in [0.1, 0.15) is 17.5 Å². The molecule has 1 aliphatic heterocycles. The number of nitro groups is 1. The highest BCUT2D eigenvalue weighted by Crippen LogP contribution is 2.22. The summed E-state index contributed by atoms with van der Waals surface area (Å²) in [5.74, 6) is -0.245. The molecule has 1 heterocycles. The first-order chi connectivity index (χ1) is 14.7. The van der Waals surface area contributed by atoms with Crippen molar-refractivity contribution in [3.63, 3.8) is 0 Å². The number of nitrogens with zero attached hydrogens (tertiary/aromatic N) is 3. The van der Waals surface area contributed by atoms with Gasteiger partial charge in [0.25, 0.3) is 5.69 Å². The van der Waals surface area contributed by atoms with E-state index in [0.29, 0.717) is 43.3 Å². The van der Waals surface area contributed by atoms with Crippen LogP contribution in [0.25, 0.3) is 0 Å². The van der Waals surface area contributed by atoms with E-state index < -0.39 is 14.9 Å². The molecule has 2 aromatic carbocycles. The molecule has 0 bridgehead atoms. The number of hydrogen-bond donors (Lipinski definition) is 1. The van der Waals surface area contributed by atoms with Gasteiger partial charge < -0.3 is 10.2 Å². The van der Waals surface area contributed by atoms with Gasteiger partial charge in [-0.2, -0.15) is 4.31 Å². The minimum absolute atomic E-state index is 0.0843. The van der Waals surface area contributed by atoms with E-state index in [1.807, 2.05) is 24.0 Å². The van der Waals surface area contributed by atoms with E-state index in [1.54, 1.807) is 19.1 Å². The quantitative estimate of drug-likeness (QED) is 0.517. The van der Waals surface area contributed by atoms with E-state index in [2.05, 4.69) is 5.32 Å². The van der Waals surface area contributed by atoms with Crippen LogP contribution in [0.3, 0.4) is 0 Å². The molecule has 0 aliphatic carbocycles. The first-order valence-electron chi connectivity index (χ1n) is 10.0. The molecule has 1 amide bonds. The van der Waals surface area contributed by atoms with E-state index in [-0.39, 0.29) is 18.0 Å². The van der Waals surface area contributed by atoms with E-state index in [1.165, 1.54) is 22.5 Å². The predicted octanol–water partition coefficient (Wildman–Crippen LogP) is 2.55. The Morgan fingerprint density at radius 1 is 1.10 bits per heavy atom. The Morgan fingerprint density at radius 2 is 1.81 bits per heavy atom. The monoisotopic (exact) mass is 446 g/mol. The summed E-state index contributed by atoms with van der Waals surface area (Å²) >= 11 is 0. The summed E-state index contributed by atoms with van der Waals surface area (Å²) in [5.41, 5.74) is 1.92. The van der Waals surface area contributed by atoms with Gasteiger partial charge in [0, 0.05) is 57.0 Å². The lowest BCUT2D eigenvalue weighted by Gasteiger charge is -2.34. The van der Waals surface area contributed by atoms with Gasteiger partial charge in [-0.25, -0.2) is 8.42 Å². The van der Waals surface area contributed by atoms with Crippen LogP contribution in [0.4, 0.5) is 11.4 Å². The number of nitro benzene ring substituents is 1. The molecule has 166 valence electrons. The van der Waals surface area contributed by atoms with E-state index in [9.17, 15) is 23.3 Å². The van der Waals surface area contributed by atoms with Crippen LogP contribution in [0, 0.1) is 24.0 Å². The summed E-state index contributed by atoms with van der Waals surface area (Å²) in [4.78, 5) is 24.9. The van der Waals surface area contributed by atoms with Gasteiger partial charge in [-0.15, -0.1) is 0 Å². The molecule has 0 atom stereocenters. The highest BCUT2D eigenvalue weighted by molar-refractivity contribution is 7.89. The zero-order valence-corrected chi connectivity index (χ0v) is 18.4. The number of hydrogen-bond acceptors (Lipinski definition) is 6. The normalized spacial score (nSPS) is 15.5. The smallest absolute Gasteiger partial charge is 0.271 e. The summed E-state index contributed by atoms with van der Waals surface area (Å²) in [5, 5.41) is 13.5. The summed E-state index contributed by atoms with van der Waals surface area (Å²) in [6, 6.07) is 11.2. The molecule has 0 spiro atoms. The summed E-state index contributed by atoms with van der Waals surface area (Å²) in [6.07, 6.45) is 0.215. The molecule has 1 fully saturated rings. The molecule has 1 saturated heterocycles. The van der Waals surface area contributed by atoms with Crippen LogP contribution in [0.15, 0.2) is 47.4 Å². The highest BCUT2D eigenvalue weighted by Gasteiger charge is 2.29. The Balaban J connectivity index is 1.51. The number of benzene rings is 2. The van der Waals surface area contributed by atoms with Crippen molar-refractivity contribution in [1.82, 2.24) is 9.21 Å². The van der Waals surface area contributed by atoms with E-state index >= 15 is 0 Å². The van der Waals surface area contributed by atoms with Gasteiger partial charge >= 0.3 is 0 Å². The van der Waals surface area contributed by atoms with Crippen molar-refractivity contribution in [3.8, 4) is 0 Å². The van der Waals surface area contributed by atoms with Crippen LogP contribution >= 0.6 is 0 Å². The second kappa shape index (κ2) is 9.54. The van der Waals surface area contributed by atoms with Crippen molar-refractivity contribution in [3.05, 3.63) is 63.7 Å². The molecule has 3 rings (SSSR count). The SMILES string of the molecule is Cc1ccc(C)c(S(=O)(=O)N2CCN(CCC(=O)Nc3cccc([N+](=O)[O-])c3)CC2)c1. The fourth-order valence-corrected chi connectivity index (χ4v) is 5.23. The Kier molecular flexibility index (Phi) is 7.04. The number of rotatable bonds is 7. The molecule has 31 heavy (non-hydrogen) atoms. The van der Waals surface area contributed by atoms with Crippen LogP contribution in [0.2, 0.25) is 0 Å². The molecule has 0 radical (unpaired) electrons. The molecular formula is C21H26N4O5S. The number of anilines is 1. The topological polar surface area (TPSA) is 113 Å². The van der Waals surface area contributed by atoms with Crippen molar-refractivity contribution >= 4 is 27.3 Å². The standard InChI is InChI=1S/C21H26N4O5S/c1-16-6-7-17(2)20(14-16)31(29,30)24-12-10-23(11-13-24)9-8-21(26)22-18-4-3-5-19(15-18)25(27)28/h3-7,14-15H,8-13H2,1-2H3,(H,22,26). The molecule has 1 aliphatic rings. The summed E-state index contributed by atoms with van der Waals surface area (Å²) in [6.45, 7) is 5.95. The van der Waals surface area contributed by atoms with Gasteiger partial charge in [-0.3, -0.25) is 14.9 Å². The van der Waals surface area contributed by atoms with Gasteiger partial charge in [0.2, 0.25) is 15.9 Å². The van der Waals surface area contributed by atoms with Crippen LogP contribution in [-0.4, -0.2) is 61.2 Å². The number of carbonyl (C=O) groups is 1. The average molecular weight is 447 g/mol. The minimum atomic E-state index is -3.55. The fraction of sp³-hybridized carbons (Fsp3) is 0.381. The van der Waals surface area contributed by atoms with Gasteiger partial charge in [0.15, 0.2) is 0 Å². The van der Waals surface area contributed by atoms with Crippen molar-refractivity contribution in [2.24, 2.45) is 0 Å². The molecular weight excluding hydrogens is 420 g/mol. The first kappa shape index (κ1) is 22.9. The number of piperazine rings is 1. The third-order valence-electron chi connectivity index (χ3n) is 5.29. The number of nitrogens with one attached hydrogen (secondary N) is 1. The first-order valence-corrected chi connectivity index (χ1v) is 11.4. The van der Waals surface area contributed by atoms with Gasteiger partial charge in [-0.05, 0) is 37.1 Å². The van der Waals surface area contributed by atoms with Crippen molar-refractivity contribution < 1.29 is 18.1 Å². The van der Waals surface area contributed by atoms with Crippen LogP contribution in [0.5, 0.6) is 0 Å². The number of aryl methyl sites for hydroxylation is 2. The lowest BCUT2D eigenvalue weighted by Crippen LogP contribution is -2.49. The highest BCUT2D eigenvalue weighted by atomic mass is 32.2. The maximum atomic E-state index is 13.0. The Morgan fingerprint density at radius 3 is 2.48 bits per heavy atom. The van der Waals surface area contributed by atoms with Crippen molar-refractivity contribution in [1.29, 1.82) is 0 Å². The fourth-order valence-electron chi connectivity index (χ4n) is 3.50. The summed E-state index contributed by atoms with van der Waals surface area (Å²) in [7, 11) is -3.55. The molecule has 0 unspecified atom stereocenters. The molecule has 0 saturated carbocycles. The van der Waals surface area contributed by atoms with Crippen molar-refractivity contribution in [2.45, 2.75) is 25.2 Å². The van der Waals surface area contributed by atoms with Crippen LogP contribution in [-0.2, 0) is 14.8 Å². The summed E-state index contributed by atoms with van der Waals surface area (Å²) < 4.78 is 27.5. The average Bonchev–Trinajstić information content (AvgIpc) is 2.74. The van der Waals surface area contributed by atoms with Gasteiger partial charge in [0.1, 0.15) is 0 Å². The molecule has 1 N–H and O–H groups in total. The zero-order valence-electron chi connectivity index (χ0n) is 17.6. The second-order valence-electron chi connectivity index (χ2n) is 7.62. The number of sulfonamides is 1. The maximum absolute atomic E-state index is 13.0. The number of non-ortho nitro benzene ring substituents is 1. The molecule has 0 aromatic heterocycles. The molecule has 2 aromatic rings. The Bertz CT molecular complexity index is 1080. The second-order valence-corrected chi connectivity index (χ2v) is 9.53. The zero-order chi connectivity index (χ0) is 22.6. The number of carbonyl (C=O) groups excluding carboxylic acids is 1. The molecule has 9 nitrogen and oxygen atoms in total. The third kappa shape index (κ3) is 5.66. The lowest BCUT2D eigenvalue weighted by atomic mass is 10.2. The Hall–Kier alpha value is -2.82. The predicted molar refractivity (Wildman–Crippen MR) is 117 cm³/mol. The lowest BCUT2D eigenvalue weighted by molar-refractivity contribution is -0.384. The largest absolute Gasteiger partial charge is 0.326 e. The minimum Gasteiger partial charge on any atom is -0.326 e. The third-order valence-corrected chi connectivity index (χ3v) is 7.33. The van der Waals surface area contributed by atoms with Gasteiger partial charge in [0.05, 0.1) is 9.82 Å². The van der Waals surface area contributed by atoms with Crippen molar-refractivity contribution in [2.75, 3.05) is 38.0 Å². The van der Waals surface area contributed by atoms with Gasteiger partial charge in [-0.1, -0.05) is 18.2 Å². The van der Waals surface area contributed by atoms with E-state index in [4.69, 9.17) is 0 Å². The van der Waals surface area contributed by atoms with E-state index in [0.717, 1.165) is 11.1 Å². The maximum Gasteiger partial charge on any atom is 0.271 e. The van der Waals surface area contributed by atoms with Crippen LogP contribution < -0.4 is 5.32 Å². The Labute approximate surface area is 181 Å². The molecule has 10 heteroatoms. The number of amides is 1.